The van der Waals surface area contributed by atoms with Gasteiger partial charge in [0.2, 0.25) is 0 Å². The second-order valence-corrected chi connectivity index (χ2v) is 4.86. The van der Waals surface area contributed by atoms with Gasteiger partial charge in [0.1, 0.15) is 11.3 Å². The van der Waals surface area contributed by atoms with Crippen LogP contribution in [0.15, 0.2) is 41.3 Å². The highest BCUT2D eigenvalue weighted by atomic mass is 16.3. The van der Waals surface area contributed by atoms with Crippen LogP contribution in [0.5, 0.6) is 0 Å². The number of benzene rings is 1. The van der Waals surface area contributed by atoms with E-state index in [4.69, 9.17) is 4.42 Å². The maximum Gasteiger partial charge on any atom is 0.134 e. The summed E-state index contributed by atoms with van der Waals surface area (Å²) in [6.07, 6.45) is 6.35. The number of unbranched alkanes of at least 4 members (excludes halogenated alkanes) is 1. The molecule has 0 atom stereocenters. The van der Waals surface area contributed by atoms with Gasteiger partial charge < -0.3 is 9.73 Å². The van der Waals surface area contributed by atoms with E-state index in [0.717, 1.165) is 37.3 Å². The van der Waals surface area contributed by atoms with Crippen LogP contribution in [0.1, 0.15) is 37.5 Å². The molecule has 102 valence electrons. The van der Waals surface area contributed by atoms with E-state index < -0.39 is 0 Å². The number of furan rings is 1. The molecule has 0 spiro atoms. The molecular weight excluding hydrogens is 234 g/mol. The molecule has 1 aromatic heterocycles. The lowest BCUT2D eigenvalue weighted by molar-refractivity contribution is 0.525. The second kappa shape index (κ2) is 7.15. The average molecular weight is 257 g/mol. The number of aryl methyl sites for hydroxylation is 1. The molecule has 1 aromatic carbocycles. The zero-order chi connectivity index (χ0) is 13.5. The molecule has 0 saturated heterocycles. The minimum atomic E-state index is 0.879. The summed E-state index contributed by atoms with van der Waals surface area (Å²) in [5, 5.41) is 4.72. The molecule has 0 radical (unpaired) electrons. The molecule has 0 aliphatic carbocycles. The Morgan fingerprint density at radius 2 is 2.16 bits per heavy atom. The maximum absolute atomic E-state index is 6.00. The van der Waals surface area contributed by atoms with Crippen molar-refractivity contribution in [3.63, 3.8) is 0 Å². The predicted octanol–water partition coefficient (Wildman–Crippen LogP) is 4.44. The van der Waals surface area contributed by atoms with Gasteiger partial charge in [-0.2, -0.15) is 0 Å². The molecule has 19 heavy (non-hydrogen) atoms. The molecule has 2 heteroatoms. The Bertz CT molecular complexity index is 527. The highest BCUT2D eigenvalue weighted by Crippen LogP contribution is 2.27. The lowest BCUT2D eigenvalue weighted by Crippen LogP contribution is -2.14. The van der Waals surface area contributed by atoms with Crippen LogP contribution in [0.2, 0.25) is 0 Å². The van der Waals surface area contributed by atoms with Crippen LogP contribution in [0.4, 0.5) is 0 Å². The summed E-state index contributed by atoms with van der Waals surface area (Å²) in [6.45, 7) is 7.81. The van der Waals surface area contributed by atoms with Gasteiger partial charge in [-0.3, -0.25) is 0 Å². The summed E-state index contributed by atoms with van der Waals surface area (Å²) in [5.41, 5.74) is 2.34. The Morgan fingerprint density at radius 3 is 2.95 bits per heavy atom. The first-order chi connectivity index (χ1) is 9.36. The summed E-state index contributed by atoms with van der Waals surface area (Å²) < 4.78 is 6.00. The Morgan fingerprint density at radius 1 is 1.32 bits per heavy atom. The standard InChI is InChI=1S/C17H23NO/c1-3-5-10-17-15(13-18-12-6-4-2)14-9-7-8-11-16(14)19-17/h4,7-9,11,18H,2-3,5-6,10,12-13H2,1H3. The first-order valence-electron chi connectivity index (χ1n) is 7.17. The van der Waals surface area contributed by atoms with Crippen molar-refractivity contribution in [2.45, 2.75) is 39.2 Å². The number of fused-ring (bicyclic) bond motifs is 1. The van der Waals surface area contributed by atoms with Gasteiger partial charge in [-0.05, 0) is 25.5 Å². The van der Waals surface area contributed by atoms with Crippen molar-refractivity contribution in [3.05, 3.63) is 48.2 Å². The molecule has 0 saturated carbocycles. The maximum atomic E-state index is 6.00. The van der Waals surface area contributed by atoms with Gasteiger partial charge in [-0.25, -0.2) is 0 Å². The van der Waals surface area contributed by atoms with E-state index in [2.05, 4.69) is 37.0 Å². The fourth-order valence-electron chi connectivity index (χ4n) is 2.30. The molecular formula is C17H23NO. The van der Waals surface area contributed by atoms with Crippen LogP contribution in [0.3, 0.4) is 0 Å². The predicted molar refractivity (Wildman–Crippen MR) is 81.3 cm³/mol. The van der Waals surface area contributed by atoms with E-state index in [1.165, 1.54) is 23.8 Å². The number of hydrogen-bond donors (Lipinski definition) is 1. The SMILES string of the molecule is C=CCCNCc1c(CCCC)oc2ccccc12. The number of rotatable bonds is 8. The molecule has 2 aromatic rings. The Labute approximate surface area is 115 Å². The summed E-state index contributed by atoms with van der Waals surface area (Å²) in [6, 6.07) is 8.32. The van der Waals surface area contributed by atoms with Crippen LogP contribution >= 0.6 is 0 Å². The largest absolute Gasteiger partial charge is 0.461 e. The number of nitrogens with one attached hydrogen (secondary N) is 1. The molecule has 0 aliphatic rings. The van der Waals surface area contributed by atoms with Crippen molar-refractivity contribution >= 4 is 11.0 Å². The summed E-state index contributed by atoms with van der Waals surface area (Å²) in [7, 11) is 0. The van der Waals surface area contributed by atoms with Gasteiger partial charge in [-0.15, -0.1) is 6.58 Å². The lowest BCUT2D eigenvalue weighted by Gasteiger charge is -2.04. The molecule has 0 amide bonds. The third kappa shape index (κ3) is 3.48. The third-order valence-electron chi connectivity index (χ3n) is 3.37. The molecule has 1 N–H and O–H groups in total. The van der Waals surface area contributed by atoms with E-state index >= 15 is 0 Å². The van der Waals surface area contributed by atoms with Crippen molar-refractivity contribution in [2.24, 2.45) is 0 Å². The molecule has 0 unspecified atom stereocenters. The third-order valence-corrected chi connectivity index (χ3v) is 3.37. The Hall–Kier alpha value is -1.54. The zero-order valence-electron chi connectivity index (χ0n) is 11.7. The van der Waals surface area contributed by atoms with Gasteiger partial charge in [0.15, 0.2) is 0 Å². The monoisotopic (exact) mass is 257 g/mol. The fourth-order valence-corrected chi connectivity index (χ4v) is 2.30. The molecule has 0 bridgehead atoms. The van der Waals surface area contributed by atoms with Crippen molar-refractivity contribution in [1.29, 1.82) is 0 Å². The molecule has 2 nitrogen and oxygen atoms in total. The van der Waals surface area contributed by atoms with Crippen molar-refractivity contribution < 1.29 is 4.42 Å². The van der Waals surface area contributed by atoms with Gasteiger partial charge in [0, 0.05) is 23.9 Å². The number of hydrogen-bond acceptors (Lipinski definition) is 2. The highest BCUT2D eigenvalue weighted by Gasteiger charge is 2.12. The van der Waals surface area contributed by atoms with Crippen molar-refractivity contribution in [1.82, 2.24) is 5.32 Å². The van der Waals surface area contributed by atoms with Crippen LogP contribution in [0, 0.1) is 0 Å². The first kappa shape index (κ1) is 13.9. The van der Waals surface area contributed by atoms with E-state index in [-0.39, 0.29) is 0 Å². The molecule has 0 aliphatic heterocycles. The molecule has 0 fully saturated rings. The van der Waals surface area contributed by atoms with Crippen molar-refractivity contribution in [3.8, 4) is 0 Å². The average Bonchev–Trinajstić information content (AvgIpc) is 2.79. The zero-order valence-corrected chi connectivity index (χ0v) is 11.7. The van der Waals surface area contributed by atoms with Crippen LogP contribution in [0.25, 0.3) is 11.0 Å². The van der Waals surface area contributed by atoms with Gasteiger partial charge >= 0.3 is 0 Å². The van der Waals surface area contributed by atoms with Gasteiger partial charge in [0.05, 0.1) is 0 Å². The molecule has 1 heterocycles. The number of para-hydroxylation sites is 1. The Kier molecular flexibility index (Phi) is 5.22. The Balaban J connectivity index is 2.18. The van der Waals surface area contributed by atoms with E-state index in [1.807, 2.05) is 12.1 Å². The van der Waals surface area contributed by atoms with Crippen LogP contribution in [-0.4, -0.2) is 6.54 Å². The second-order valence-electron chi connectivity index (χ2n) is 4.86. The van der Waals surface area contributed by atoms with E-state index in [0.29, 0.717) is 0 Å². The van der Waals surface area contributed by atoms with Crippen molar-refractivity contribution in [2.75, 3.05) is 6.54 Å². The summed E-state index contributed by atoms with van der Waals surface area (Å²) >= 11 is 0. The first-order valence-corrected chi connectivity index (χ1v) is 7.17. The minimum Gasteiger partial charge on any atom is -0.461 e. The molecule has 2 rings (SSSR count). The normalized spacial score (nSPS) is 11.0. The van der Waals surface area contributed by atoms with Crippen LogP contribution < -0.4 is 5.32 Å². The summed E-state index contributed by atoms with van der Waals surface area (Å²) in [4.78, 5) is 0. The smallest absolute Gasteiger partial charge is 0.134 e. The quantitative estimate of drug-likeness (QED) is 0.558. The van der Waals surface area contributed by atoms with E-state index in [9.17, 15) is 0 Å². The van der Waals surface area contributed by atoms with Gasteiger partial charge in [0.25, 0.3) is 0 Å². The highest BCUT2D eigenvalue weighted by molar-refractivity contribution is 5.82. The van der Waals surface area contributed by atoms with Gasteiger partial charge in [-0.1, -0.05) is 37.6 Å². The topological polar surface area (TPSA) is 25.2 Å². The lowest BCUT2D eigenvalue weighted by atomic mass is 10.1. The summed E-state index contributed by atoms with van der Waals surface area (Å²) in [5.74, 6) is 1.15. The van der Waals surface area contributed by atoms with E-state index in [1.54, 1.807) is 0 Å². The van der Waals surface area contributed by atoms with Crippen LogP contribution in [-0.2, 0) is 13.0 Å². The minimum absolute atomic E-state index is 0.879. The fraction of sp³-hybridized carbons (Fsp3) is 0.412.